The van der Waals surface area contributed by atoms with Crippen LogP contribution in [0.15, 0.2) is 36.4 Å². The van der Waals surface area contributed by atoms with Crippen molar-refractivity contribution in [3.8, 4) is 11.8 Å². The van der Waals surface area contributed by atoms with Crippen molar-refractivity contribution in [2.45, 2.75) is 0 Å². The zero-order valence-electron chi connectivity index (χ0n) is 10.6. The molecule has 0 N–H and O–H groups in total. The van der Waals surface area contributed by atoms with Gasteiger partial charge >= 0.3 is 0 Å². The van der Waals surface area contributed by atoms with Gasteiger partial charge in [-0.3, -0.25) is 4.79 Å². The van der Waals surface area contributed by atoms with E-state index in [2.05, 4.69) is 0 Å². The topological polar surface area (TPSA) is 50.1 Å². The lowest BCUT2D eigenvalue weighted by Crippen LogP contribution is -2.12. The molecule has 3 nitrogen and oxygen atoms in total. The Morgan fingerprint density at radius 3 is 2.43 bits per heavy atom. The van der Waals surface area contributed by atoms with Gasteiger partial charge in [0.05, 0.1) is 11.6 Å². The molecule has 0 heterocycles. The molecule has 0 unspecified atom stereocenters. The molecule has 0 spiro atoms. The van der Waals surface area contributed by atoms with E-state index in [1.807, 2.05) is 0 Å². The van der Waals surface area contributed by atoms with Crippen LogP contribution >= 0.6 is 0 Å². The van der Waals surface area contributed by atoms with E-state index in [-0.39, 0.29) is 16.9 Å². The second-order valence-corrected chi connectivity index (χ2v) is 4.10. The van der Waals surface area contributed by atoms with E-state index in [1.165, 1.54) is 12.1 Å². The van der Waals surface area contributed by atoms with Crippen molar-refractivity contribution in [1.29, 1.82) is 5.26 Å². The Hall–Kier alpha value is -2.81. The van der Waals surface area contributed by atoms with Gasteiger partial charge in [0.25, 0.3) is 0 Å². The summed E-state index contributed by atoms with van der Waals surface area (Å²) in [6.45, 7) is -0.534. The number of Topliss-reactive ketones (excluding diaryl/α,β-unsaturated/α-hetero) is 1. The third-order valence-electron chi connectivity index (χ3n) is 2.66. The third kappa shape index (κ3) is 3.39. The lowest BCUT2D eigenvalue weighted by molar-refractivity contribution is 0.0918. The maximum atomic E-state index is 13.5. The molecule has 0 aromatic heterocycles. The number of rotatable bonds is 4. The number of nitrogens with zero attached hydrogens (tertiary/aromatic N) is 1. The maximum Gasteiger partial charge on any atom is 0.200 e. The predicted molar refractivity (Wildman–Crippen MR) is 67.3 cm³/mol. The van der Waals surface area contributed by atoms with Crippen LogP contribution in [0, 0.1) is 28.8 Å². The van der Waals surface area contributed by atoms with E-state index >= 15 is 0 Å². The molecule has 0 saturated heterocycles. The van der Waals surface area contributed by atoms with E-state index < -0.39 is 29.8 Å². The van der Waals surface area contributed by atoms with E-state index in [0.717, 1.165) is 24.3 Å². The van der Waals surface area contributed by atoms with E-state index in [4.69, 9.17) is 10.00 Å². The molecule has 21 heavy (non-hydrogen) atoms. The van der Waals surface area contributed by atoms with Gasteiger partial charge in [0.2, 0.25) is 0 Å². The van der Waals surface area contributed by atoms with Gasteiger partial charge in [-0.05, 0) is 36.4 Å². The molecule has 0 aliphatic rings. The summed E-state index contributed by atoms with van der Waals surface area (Å²) in [7, 11) is 0. The smallest absolute Gasteiger partial charge is 0.200 e. The standard InChI is InChI=1S/C15H8F3NO2/c16-11-3-2-10(6-12(11)17)14(20)8-21-15-4-1-9(7-19)5-13(15)18/h1-6H,8H2. The Balaban J connectivity index is 2.07. The quantitative estimate of drug-likeness (QED) is 0.813. The van der Waals surface area contributed by atoms with Crippen molar-refractivity contribution in [1.82, 2.24) is 0 Å². The second-order valence-electron chi connectivity index (χ2n) is 4.10. The van der Waals surface area contributed by atoms with Crippen molar-refractivity contribution in [3.05, 3.63) is 65.0 Å². The van der Waals surface area contributed by atoms with Crippen LogP contribution in [0.4, 0.5) is 13.2 Å². The molecule has 0 aliphatic carbocycles. The molecule has 2 aromatic rings. The van der Waals surface area contributed by atoms with Crippen LogP contribution < -0.4 is 4.74 Å². The first kappa shape index (κ1) is 14.6. The summed E-state index contributed by atoms with van der Waals surface area (Å²) in [6.07, 6.45) is 0. The normalized spacial score (nSPS) is 10.0. The number of ketones is 1. The molecule has 0 saturated carbocycles. The second kappa shape index (κ2) is 6.09. The number of hydrogen-bond donors (Lipinski definition) is 0. The van der Waals surface area contributed by atoms with Crippen LogP contribution in [0.2, 0.25) is 0 Å². The first-order chi connectivity index (χ1) is 10.0. The van der Waals surface area contributed by atoms with Gasteiger partial charge < -0.3 is 4.74 Å². The van der Waals surface area contributed by atoms with E-state index in [9.17, 15) is 18.0 Å². The summed E-state index contributed by atoms with van der Waals surface area (Å²) < 4.78 is 44.2. The Bertz CT molecular complexity index is 738. The van der Waals surface area contributed by atoms with Gasteiger partial charge in [0, 0.05) is 5.56 Å². The molecule has 0 fully saturated rings. The van der Waals surface area contributed by atoms with Crippen LogP contribution in [-0.4, -0.2) is 12.4 Å². The average molecular weight is 291 g/mol. The molecular formula is C15H8F3NO2. The van der Waals surface area contributed by atoms with Gasteiger partial charge in [-0.2, -0.15) is 5.26 Å². The highest BCUT2D eigenvalue weighted by atomic mass is 19.2. The largest absolute Gasteiger partial charge is 0.482 e. The van der Waals surface area contributed by atoms with Gasteiger partial charge in [-0.25, -0.2) is 13.2 Å². The summed E-state index contributed by atoms with van der Waals surface area (Å²) in [6, 6.07) is 7.96. The highest BCUT2D eigenvalue weighted by Crippen LogP contribution is 2.18. The van der Waals surface area contributed by atoms with Crippen molar-refractivity contribution in [2.75, 3.05) is 6.61 Å². The average Bonchev–Trinajstić information content (AvgIpc) is 2.48. The van der Waals surface area contributed by atoms with Gasteiger partial charge in [0.15, 0.2) is 35.6 Å². The fraction of sp³-hybridized carbons (Fsp3) is 0.0667. The van der Waals surface area contributed by atoms with E-state index in [1.54, 1.807) is 6.07 Å². The Morgan fingerprint density at radius 1 is 1.05 bits per heavy atom. The van der Waals surface area contributed by atoms with Crippen LogP contribution in [-0.2, 0) is 0 Å². The first-order valence-electron chi connectivity index (χ1n) is 5.82. The first-order valence-corrected chi connectivity index (χ1v) is 5.82. The van der Waals surface area contributed by atoms with Gasteiger partial charge in [-0.15, -0.1) is 0 Å². The number of hydrogen-bond acceptors (Lipinski definition) is 3. The molecular weight excluding hydrogens is 283 g/mol. The molecule has 2 rings (SSSR count). The minimum absolute atomic E-state index is 0.0806. The van der Waals surface area contributed by atoms with Crippen molar-refractivity contribution >= 4 is 5.78 Å². The van der Waals surface area contributed by atoms with Crippen LogP contribution in [0.3, 0.4) is 0 Å². The van der Waals surface area contributed by atoms with Crippen molar-refractivity contribution in [2.24, 2.45) is 0 Å². The minimum atomic E-state index is -1.15. The Morgan fingerprint density at radius 2 is 1.81 bits per heavy atom. The van der Waals surface area contributed by atoms with Crippen molar-refractivity contribution in [3.63, 3.8) is 0 Å². The molecule has 2 aromatic carbocycles. The summed E-state index contributed by atoms with van der Waals surface area (Å²) in [5, 5.41) is 8.59. The SMILES string of the molecule is N#Cc1ccc(OCC(=O)c2ccc(F)c(F)c2)c(F)c1. The molecule has 0 radical (unpaired) electrons. The highest BCUT2D eigenvalue weighted by Gasteiger charge is 2.12. The number of halogens is 3. The molecule has 0 bridgehead atoms. The summed E-state index contributed by atoms with van der Waals surface area (Å²) in [5.74, 6) is -3.83. The minimum Gasteiger partial charge on any atom is -0.482 e. The lowest BCUT2D eigenvalue weighted by Gasteiger charge is -2.07. The lowest BCUT2D eigenvalue weighted by atomic mass is 10.1. The highest BCUT2D eigenvalue weighted by molar-refractivity contribution is 5.97. The zero-order chi connectivity index (χ0) is 15.4. The summed E-state index contributed by atoms with van der Waals surface area (Å²) in [4.78, 5) is 11.7. The fourth-order valence-electron chi connectivity index (χ4n) is 1.58. The van der Waals surface area contributed by atoms with Crippen LogP contribution in [0.1, 0.15) is 15.9 Å². The Kier molecular flexibility index (Phi) is 4.24. The zero-order valence-corrected chi connectivity index (χ0v) is 10.6. The number of carbonyl (C=O) groups is 1. The monoisotopic (exact) mass is 291 g/mol. The molecule has 0 aliphatic heterocycles. The predicted octanol–water partition coefficient (Wildman–Crippen LogP) is 3.24. The molecule has 0 amide bonds. The fourth-order valence-corrected chi connectivity index (χ4v) is 1.58. The van der Waals surface area contributed by atoms with Crippen LogP contribution in [0.25, 0.3) is 0 Å². The Labute approximate surface area is 118 Å². The maximum absolute atomic E-state index is 13.5. The van der Waals surface area contributed by atoms with Gasteiger partial charge in [-0.1, -0.05) is 0 Å². The third-order valence-corrected chi connectivity index (χ3v) is 2.66. The van der Waals surface area contributed by atoms with Gasteiger partial charge in [0.1, 0.15) is 0 Å². The summed E-state index contributed by atoms with van der Waals surface area (Å²) >= 11 is 0. The molecule has 106 valence electrons. The van der Waals surface area contributed by atoms with Crippen molar-refractivity contribution < 1.29 is 22.7 Å². The number of nitriles is 1. The van der Waals surface area contributed by atoms with Crippen LogP contribution in [0.5, 0.6) is 5.75 Å². The molecule has 0 atom stereocenters. The number of ether oxygens (including phenoxy) is 1. The van der Waals surface area contributed by atoms with E-state index in [0.29, 0.717) is 0 Å². The summed E-state index contributed by atoms with van der Waals surface area (Å²) in [5.41, 5.74) is 0.0368. The number of benzene rings is 2. The molecule has 6 heteroatoms. The number of carbonyl (C=O) groups excluding carboxylic acids is 1.